The number of nitrogens with zero attached hydrogens (tertiary/aromatic N) is 1. The van der Waals surface area contributed by atoms with Crippen LogP contribution < -0.4 is 0 Å². The van der Waals surface area contributed by atoms with Crippen LogP contribution in [-0.4, -0.2) is 10.8 Å². The van der Waals surface area contributed by atoms with E-state index in [-0.39, 0.29) is 12.2 Å². The summed E-state index contributed by atoms with van der Waals surface area (Å²) in [6, 6.07) is 22.4. The lowest BCUT2D eigenvalue weighted by Gasteiger charge is -2.05. The highest BCUT2D eigenvalue weighted by Gasteiger charge is 2.14. The van der Waals surface area contributed by atoms with E-state index in [0.29, 0.717) is 21.5 Å². The summed E-state index contributed by atoms with van der Waals surface area (Å²) >= 11 is 12.0. The molecular weight excluding hydrogens is 405 g/mol. The molecule has 144 valence electrons. The third kappa shape index (κ3) is 4.26. The molecule has 0 N–H and O–H groups in total. The lowest BCUT2D eigenvalue weighted by molar-refractivity contribution is 0.0993. The molecule has 0 saturated carbocycles. The van der Waals surface area contributed by atoms with Crippen molar-refractivity contribution in [2.75, 3.05) is 0 Å². The SMILES string of the molecule is Cc1oc(-c2ccc(CC(=O)c3ccc(Cl)cc3Cl)cc2)nc1-c1ccccc1. The van der Waals surface area contributed by atoms with Crippen LogP contribution in [0.1, 0.15) is 21.7 Å². The van der Waals surface area contributed by atoms with E-state index in [1.807, 2.05) is 61.5 Å². The molecule has 3 nitrogen and oxygen atoms in total. The summed E-state index contributed by atoms with van der Waals surface area (Å²) in [5.41, 5.74) is 4.06. The van der Waals surface area contributed by atoms with Crippen LogP contribution in [0.25, 0.3) is 22.7 Å². The average molecular weight is 422 g/mol. The fourth-order valence-electron chi connectivity index (χ4n) is 3.15. The summed E-state index contributed by atoms with van der Waals surface area (Å²) < 4.78 is 5.86. The molecule has 5 heteroatoms. The van der Waals surface area contributed by atoms with Crippen LogP contribution in [0.2, 0.25) is 10.0 Å². The van der Waals surface area contributed by atoms with Crippen molar-refractivity contribution in [3.05, 3.63) is 99.7 Å². The predicted octanol–water partition coefficient (Wildman–Crippen LogP) is 7.05. The Kier molecular flexibility index (Phi) is 5.52. The second-order valence-electron chi connectivity index (χ2n) is 6.71. The number of oxazole rings is 1. The summed E-state index contributed by atoms with van der Waals surface area (Å²) in [5.74, 6) is 1.26. The van der Waals surface area contributed by atoms with E-state index in [1.165, 1.54) is 0 Å². The van der Waals surface area contributed by atoms with Crippen LogP contribution in [0.4, 0.5) is 0 Å². The molecule has 0 saturated heterocycles. The smallest absolute Gasteiger partial charge is 0.226 e. The Morgan fingerprint density at radius 2 is 1.66 bits per heavy atom. The number of Topliss-reactive ketones (excluding diaryl/α,β-unsaturated/α-hetero) is 1. The number of benzene rings is 3. The van der Waals surface area contributed by atoms with Gasteiger partial charge in [0.05, 0.1) is 5.02 Å². The van der Waals surface area contributed by atoms with Crippen molar-refractivity contribution in [2.45, 2.75) is 13.3 Å². The first kappa shape index (κ1) is 19.4. The van der Waals surface area contributed by atoms with Crippen LogP contribution in [-0.2, 0) is 6.42 Å². The Bertz CT molecular complexity index is 1170. The lowest BCUT2D eigenvalue weighted by Crippen LogP contribution is -2.04. The van der Waals surface area contributed by atoms with E-state index in [4.69, 9.17) is 27.6 Å². The highest BCUT2D eigenvalue weighted by molar-refractivity contribution is 6.36. The summed E-state index contributed by atoms with van der Waals surface area (Å²) in [4.78, 5) is 17.2. The fraction of sp³-hybridized carbons (Fsp3) is 0.0833. The van der Waals surface area contributed by atoms with Gasteiger partial charge in [-0.25, -0.2) is 4.98 Å². The van der Waals surface area contributed by atoms with Crippen molar-refractivity contribution in [1.29, 1.82) is 0 Å². The standard InChI is InChI=1S/C24H17Cl2NO2/c1-15-23(17-5-3-2-4-6-17)27-24(29-15)18-9-7-16(8-10-18)13-22(28)20-12-11-19(25)14-21(20)26/h2-12,14H,13H2,1H3. The van der Waals surface area contributed by atoms with Crippen molar-refractivity contribution < 1.29 is 9.21 Å². The summed E-state index contributed by atoms with van der Waals surface area (Å²) in [7, 11) is 0. The molecule has 0 radical (unpaired) electrons. The highest BCUT2D eigenvalue weighted by atomic mass is 35.5. The average Bonchev–Trinajstić information content (AvgIpc) is 3.11. The molecule has 1 aromatic heterocycles. The van der Waals surface area contributed by atoms with Gasteiger partial charge in [0, 0.05) is 28.1 Å². The minimum absolute atomic E-state index is 0.0576. The number of halogens is 2. The second kappa shape index (κ2) is 8.24. The van der Waals surface area contributed by atoms with Crippen molar-refractivity contribution in [3.63, 3.8) is 0 Å². The van der Waals surface area contributed by atoms with Gasteiger partial charge in [-0.1, -0.05) is 65.7 Å². The molecule has 0 bridgehead atoms. The van der Waals surface area contributed by atoms with Crippen molar-refractivity contribution in [2.24, 2.45) is 0 Å². The predicted molar refractivity (Wildman–Crippen MR) is 117 cm³/mol. The van der Waals surface area contributed by atoms with Gasteiger partial charge in [0.25, 0.3) is 0 Å². The van der Waals surface area contributed by atoms with Gasteiger partial charge >= 0.3 is 0 Å². The molecule has 1 heterocycles. The third-order valence-electron chi connectivity index (χ3n) is 4.64. The van der Waals surface area contributed by atoms with Gasteiger partial charge in [0.2, 0.25) is 5.89 Å². The highest BCUT2D eigenvalue weighted by Crippen LogP contribution is 2.29. The van der Waals surface area contributed by atoms with Crippen molar-refractivity contribution >= 4 is 29.0 Å². The quantitative estimate of drug-likeness (QED) is 0.324. The molecule has 0 aliphatic carbocycles. The molecular formula is C24H17Cl2NO2. The number of carbonyl (C=O) groups excluding carboxylic acids is 1. The summed E-state index contributed by atoms with van der Waals surface area (Å²) in [6.45, 7) is 1.90. The van der Waals surface area contributed by atoms with Gasteiger partial charge < -0.3 is 4.42 Å². The molecule has 3 aromatic carbocycles. The van der Waals surface area contributed by atoms with E-state index in [9.17, 15) is 4.79 Å². The number of rotatable bonds is 5. The maximum Gasteiger partial charge on any atom is 0.226 e. The summed E-state index contributed by atoms with van der Waals surface area (Å²) in [6.07, 6.45) is 0.251. The minimum atomic E-state index is -0.0576. The first-order valence-corrected chi connectivity index (χ1v) is 9.87. The van der Waals surface area contributed by atoms with Crippen LogP contribution in [0, 0.1) is 6.92 Å². The first-order valence-electron chi connectivity index (χ1n) is 9.11. The topological polar surface area (TPSA) is 43.1 Å². The largest absolute Gasteiger partial charge is 0.441 e. The molecule has 4 rings (SSSR count). The van der Waals surface area contributed by atoms with Crippen LogP contribution in [0.3, 0.4) is 0 Å². The van der Waals surface area contributed by atoms with E-state index in [2.05, 4.69) is 4.98 Å². The molecule has 29 heavy (non-hydrogen) atoms. The number of hydrogen-bond donors (Lipinski definition) is 0. The molecule has 0 fully saturated rings. The maximum atomic E-state index is 12.5. The molecule has 0 spiro atoms. The van der Waals surface area contributed by atoms with Gasteiger partial charge in [-0.2, -0.15) is 0 Å². The molecule has 0 aliphatic heterocycles. The van der Waals surface area contributed by atoms with Gasteiger partial charge in [-0.15, -0.1) is 0 Å². The number of aromatic nitrogens is 1. The zero-order valence-electron chi connectivity index (χ0n) is 15.7. The number of hydrogen-bond acceptors (Lipinski definition) is 3. The van der Waals surface area contributed by atoms with E-state index in [1.54, 1.807) is 18.2 Å². The lowest BCUT2D eigenvalue weighted by atomic mass is 10.0. The molecule has 0 atom stereocenters. The molecule has 0 amide bonds. The number of aryl methyl sites for hydroxylation is 1. The van der Waals surface area contributed by atoms with E-state index < -0.39 is 0 Å². The molecule has 0 aliphatic rings. The summed E-state index contributed by atoms with van der Waals surface area (Å²) in [5, 5.41) is 0.870. The van der Waals surface area contributed by atoms with Crippen LogP contribution in [0.5, 0.6) is 0 Å². The second-order valence-corrected chi connectivity index (χ2v) is 7.55. The number of ketones is 1. The van der Waals surface area contributed by atoms with E-state index >= 15 is 0 Å². The molecule has 4 aromatic rings. The monoisotopic (exact) mass is 421 g/mol. The van der Waals surface area contributed by atoms with E-state index in [0.717, 1.165) is 28.1 Å². The Morgan fingerprint density at radius 1 is 0.931 bits per heavy atom. The van der Waals surface area contributed by atoms with Gasteiger partial charge in [-0.05, 0) is 42.8 Å². The van der Waals surface area contributed by atoms with Gasteiger partial charge in [0.15, 0.2) is 5.78 Å². The normalized spacial score (nSPS) is 10.9. The van der Waals surface area contributed by atoms with Crippen molar-refractivity contribution in [1.82, 2.24) is 4.98 Å². The minimum Gasteiger partial charge on any atom is -0.441 e. The Balaban J connectivity index is 1.53. The van der Waals surface area contributed by atoms with Crippen LogP contribution >= 0.6 is 23.2 Å². The first-order chi connectivity index (χ1) is 14.0. The molecule has 0 unspecified atom stereocenters. The number of carbonyl (C=O) groups is 1. The van der Waals surface area contributed by atoms with Gasteiger partial charge in [0.1, 0.15) is 11.5 Å². The Morgan fingerprint density at radius 3 is 2.34 bits per heavy atom. The Labute approximate surface area is 178 Å². The third-order valence-corrected chi connectivity index (χ3v) is 5.19. The van der Waals surface area contributed by atoms with Crippen molar-refractivity contribution in [3.8, 4) is 22.7 Å². The zero-order valence-corrected chi connectivity index (χ0v) is 17.2. The fourth-order valence-corrected chi connectivity index (χ4v) is 3.66. The Hall–Kier alpha value is -2.88. The van der Waals surface area contributed by atoms with Crippen LogP contribution in [0.15, 0.2) is 77.2 Å². The zero-order chi connectivity index (χ0) is 20.4. The maximum absolute atomic E-state index is 12.5. The van der Waals surface area contributed by atoms with Gasteiger partial charge in [-0.3, -0.25) is 4.79 Å².